The lowest BCUT2D eigenvalue weighted by Gasteiger charge is -2.17. The number of benzene rings is 1. The topological polar surface area (TPSA) is 73.3 Å². The average molecular weight is 327 g/mol. The average Bonchev–Trinajstić information content (AvgIpc) is 2.79. The number of rotatable bonds is 4. The molecular weight excluding hydrogens is 306 g/mol. The number of Topliss-reactive ketones (excluding diaryl/α,β-unsaturated/α-hetero) is 1. The van der Waals surface area contributed by atoms with Crippen LogP contribution in [0.5, 0.6) is 11.5 Å². The fourth-order valence-electron chi connectivity index (χ4n) is 2.61. The molecule has 1 aromatic carbocycles. The molecule has 0 saturated heterocycles. The van der Waals surface area contributed by atoms with Gasteiger partial charge in [-0.1, -0.05) is 6.07 Å². The van der Waals surface area contributed by atoms with Gasteiger partial charge in [0, 0.05) is 12.6 Å². The number of aromatic nitrogens is 2. The van der Waals surface area contributed by atoms with Crippen molar-refractivity contribution >= 4 is 11.7 Å². The smallest absolute Gasteiger partial charge is 0.223 e. The second kappa shape index (κ2) is 6.86. The molecule has 24 heavy (non-hydrogen) atoms. The normalized spacial score (nSPS) is 14.6. The van der Waals surface area contributed by atoms with E-state index in [1.165, 1.54) is 6.92 Å². The highest BCUT2D eigenvalue weighted by Gasteiger charge is 2.15. The first kappa shape index (κ1) is 16.2. The minimum absolute atomic E-state index is 0.00951. The molecule has 0 saturated carbocycles. The molecule has 1 N–H and O–H groups in total. The molecule has 1 aliphatic heterocycles. The molecule has 2 aromatic rings. The Kier molecular flexibility index (Phi) is 4.64. The van der Waals surface area contributed by atoms with Crippen LogP contribution in [0.1, 0.15) is 47.9 Å². The van der Waals surface area contributed by atoms with E-state index in [-0.39, 0.29) is 11.8 Å². The summed E-state index contributed by atoms with van der Waals surface area (Å²) in [6.45, 7) is 6.68. The SMILES string of the molecule is CC(=O)c1cnc(NC(C)c2ccc3c(c2)OCCCO3)nc1C. The van der Waals surface area contributed by atoms with Crippen LogP contribution in [-0.2, 0) is 0 Å². The van der Waals surface area contributed by atoms with Crippen molar-refractivity contribution in [2.24, 2.45) is 0 Å². The molecule has 0 aliphatic carbocycles. The number of carbonyl (C=O) groups excluding carboxylic acids is 1. The van der Waals surface area contributed by atoms with Crippen molar-refractivity contribution in [1.82, 2.24) is 9.97 Å². The summed E-state index contributed by atoms with van der Waals surface area (Å²) >= 11 is 0. The molecule has 1 aliphatic rings. The molecule has 0 bridgehead atoms. The predicted octanol–water partition coefficient (Wildman–Crippen LogP) is 3.32. The standard InChI is InChI=1S/C18H21N3O3/c1-11(20-18-19-10-15(13(3)22)12(2)21-18)14-5-6-16-17(9-14)24-8-4-7-23-16/h5-6,9-11H,4,7-8H2,1-3H3,(H,19,20,21). The van der Waals surface area contributed by atoms with E-state index in [9.17, 15) is 4.79 Å². The van der Waals surface area contributed by atoms with Gasteiger partial charge in [-0.15, -0.1) is 0 Å². The van der Waals surface area contributed by atoms with Crippen LogP contribution in [0.25, 0.3) is 0 Å². The van der Waals surface area contributed by atoms with E-state index in [1.54, 1.807) is 6.20 Å². The lowest BCUT2D eigenvalue weighted by Crippen LogP contribution is -2.11. The van der Waals surface area contributed by atoms with Gasteiger partial charge < -0.3 is 14.8 Å². The van der Waals surface area contributed by atoms with Crippen molar-refractivity contribution in [2.45, 2.75) is 33.2 Å². The van der Waals surface area contributed by atoms with Crippen LogP contribution in [0.4, 0.5) is 5.95 Å². The van der Waals surface area contributed by atoms with E-state index in [2.05, 4.69) is 15.3 Å². The Morgan fingerprint density at radius 3 is 2.71 bits per heavy atom. The summed E-state index contributed by atoms with van der Waals surface area (Å²) in [6.07, 6.45) is 2.45. The number of fused-ring (bicyclic) bond motifs is 1. The molecule has 1 unspecified atom stereocenters. The van der Waals surface area contributed by atoms with Crippen LogP contribution >= 0.6 is 0 Å². The van der Waals surface area contributed by atoms with Gasteiger partial charge in [0.05, 0.1) is 30.5 Å². The van der Waals surface area contributed by atoms with E-state index in [1.807, 2.05) is 32.0 Å². The zero-order valence-corrected chi connectivity index (χ0v) is 14.1. The second-order valence-corrected chi connectivity index (χ2v) is 5.87. The molecule has 1 atom stereocenters. The van der Waals surface area contributed by atoms with E-state index in [0.717, 1.165) is 23.5 Å². The number of hydrogen-bond acceptors (Lipinski definition) is 6. The molecule has 6 heteroatoms. The van der Waals surface area contributed by atoms with Crippen molar-refractivity contribution in [2.75, 3.05) is 18.5 Å². The van der Waals surface area contributed by atoms with Crippen LogP contribution in [0.3, 0.4) is 0 Å². The first-order valence-electron chi connectivity index (χ1n) is 8.05. The fourth-order valence-corrected chi connectivity index (χ4v) is 2.61. The quantitative estimate of drug-likeness (QED) is 0.869. The Morgan fingerprint density at radius 2 is 2.00 bits per heavy atom. The van der Waals surface area contributed by atoms with Crippen LogP contribution in [0, 0.1) is 6.92 Å². The Hall–Kier alpha value is -2.63. The number of nitrogens with zero attached hydrogens (tertiary/aromatic N) is 2. The van der Waals surface area contributed by atoms with E-state index in [4.69, 9.17) is 9.47 Å². The molecule has 126 valence electrons. The van der Waals surface area contributed by atoms with Gasteiger partial charge in [-0.25, -0.2) is 9.97 Å². The van der Waals surface area contributed by atoms with Crippen molar-refractivity contribution in [1.29, 1.82) is 0 Å². The first-order valence-corrected chi connectivity index (χ1v) is 8.05. The fraction of sp³-hybridized carbons (Fsp3) is 0.389. The van der Waals surface area contributed by atoms with Gasteiger partial charge in [0.25, 0.3) is 0 Å². The molecule has 0 spiro atoms. The monoisotopic (exact) mass is 327 g/mol. The molecule has 6 nitrogen and oxygen atoms in total. The number of nitrogens with one attached hydrogen (secondary N) is 1. The van der Waals surface area contributed by atoms with E-state index < -0.39 is 0 Å². The van der Waals surface area contributed by atoms with Gasteiger partial charge in [0.2, 0.25) is 5.95 Å². The summed E-state index contributed by atoms with van der Waals surface area (Å²) in [5, 5.41) is 3.26. The molecule has 0 fully saturated rings. The highest BCUT2D eigenvalue weighted by molar-refractivity contribution is 5.94. The number of aryl methyl sites for hydroxylation is 1. The highest BCUT2D eigenvalue weighted by Crippen LogP contribution is 2.32. The minimum atomic E-state index is -0.0324. The van der Waals surface area contributed by atoms with Crippen molar-refractivity contribution in [3.05, 3.63) is 41.2 Å². The maximum absolute atomic E-state index is 11.5. The molecular formula is C18H21N3O3. The van der Waals surface area contributed by atoms with Gasteiger partial charge in [-0.3, -0.25) is 4.79 Å². The lowest BCUT2D eigenvalue weighted by atomic mass is 10.1. The van der Waals surface area contributed by atoms with Crippen LogP contribution in [0.2, 0.25) is 0 Å². The van der Waals surface area contributed by atoms with E-state index >= 15 is 0 Å². The minimum Gasteiger partial charge on any atom is -0.490 e. The zero-order valence-electron chi connectivity index (χ0n) is 14.1. The molecule has 0 radical (unpaired) electrons. The molecule has 2 heterocycles. The predicted molar refractivity (Wildman–Crippen MR) is 90.9 cm³/mol. The summed E-state index contributed by atoms with van der Waals surface area (Å²) in [4.78, 5) is 20.1. The van der Waals surface area contributed by atoms with Gasteiger partial charge in [0.1, 0.15) is 0 Å². The highest BCUT2D eigenvalue weighted by atomic mass is 16.5. The largest absolute Gasteiger partial charge is 0.490 e. The summed E-state index contributed by atoms with van der Waals surface area (Å²) < 4.78 is 11.4. The van der Waals surface area contributed by atoms with Gasteiger partial charge in [-0.2, -0.15) is 0 Å². The van der Waals surface area contributed by atoms with Gasteiger partial charge >= 0.3 is 0 Å². The van der Waals surface area contributed by atoms with Crippen LogP contribution < -0.4 is 14.8 Å². The third-order valence-corrected chi connectivity index (χ3v) is 3.98. The maximum Gasteiger partial charge on any atom is 0.223 e. The van der Waals surface area contributed by atoms with Crippen molar-refractivity contribution < 1.29 is 14.3 Å². The maximum atomic E-state index is 11.5. The summed E-state index contributed by atoms with van der Waals surface area (Å²) in [7, 11) is 0. The van der Waals surface area contributed by atoms with Gasteiger partial charge in [0.15, 0.2) is 17.3 Å². The van der Waals surface area contributed by atoms with Crippen LogP contribution in [0.15, 0.2) is 24.4 Å². The van der Waals surface area contributed by atoms with E-state index in [0.29, 0.717) is 30.4 Å². The third kappa shape index (κ3) is 3.48. The van der Waals surface area contributed by atoms with Gasteiger partial charge in [-0.05, 0) is 38.5 Å². The van der Waals surface area contributed by atoms with Crippen molar-refractivity contribution in [3.8, 4) is 11.5 Å². The summed E-state index contributed by atoms with van der Waals surface area (Å²) in [6, 6.07) is 5.90. The number of ether oxygens (including phenoxy) is 2. The molecule has 0 amide bonds. The Morgan fingerprint density at radius 1 is 1.25 bits per heavy atom. The molecule has 1 aromatic heterocycles. The number of hydrogen-bond donors (Lipinski definition) is 1. The number of anilines is 1. The second-order valence-electron chi connectivity index (χ2n) is 5.87. The Bertz CT molecular complexity index is 761. The summed E-state index contributed by atoms with van der Waals surface area (Å²) in [5.41, 5.74) is 2.27. The number of carbonyl (C=O) groups is 1. The first-order chi connectivity index (χ1) is 11.5. The number of ketones is 1. The molecule has 3 rings (SSSR count). The third-order valence-electron chi connectivity index (χ3n) is 3.98. The van der Waals surface area contributed by atoms with Crippen LogP contribution in [-0.4, -0.2) is 29.0 Å². The zero-order chi connectivity index (χ0) is 17.1. The summed E-state index contributed by atoms with van der Waals surface area (Å²) in [5.74, 6) is 2.01. The van der Waals surface area contributed by atoms with Crippen molar-refractivity contribution in [3.63, 3.8) is 0 Å². The Labute approximate surface area is 141 Å². The Balaban J connectivity index is 1.77. The lowest BCUT2D eigenvalue weighted by molar-refractivity contribution is 0.101.